The highest BCUT2D eigenvalue weighted by molar-refractivity contribution is 7.26. The van der Waals surface area contributed by atoms with E-state index in [1.165, 1.54) is 73.7 Å². The summed E-state index contributed by atoms with van der Waals surface area (Å²) in [5, 5.41) is 5.36. The Morgan fingerprint density at radius 1 is 0.263 bits per heavy atom. The maximum Gasteiger partial charge on any atom is 0.0355 e. The van der Waals surface area contributed by atoms with E-state index in [1.807, 2.05) is 22.7 Å². The van der Waals surface area contributed by atoms with Crippen molar-refractivity contribution in [3.05, 3.63) is 133 Å². The molecule has 0 radical (unpaired) electrons. The van der Waals surface area contributed by atoms with Gasteiger partial charge in [0.25, 0.3) is 0 Å². The molecule has 0 aliphatic rings. The highest BCUT2D eigenvalue weighted by Gasteiger charge is 2.10. The average molecular weight is 519 g/mol. The summed E-state index contributed by atoms with van der Waals surface area (Å²) in [5.74, 6) is 0. The van der Waals surface area contributed by atoms with Gasteiger partial charge in [-0.15, -0.1) is 22.7 Å². The maximum absolute atomic E-state index is 2.35. The van der Waals surface area contributed by atoms with Gasteiger partial charge in [0.2, 0.25) is 0 Å². The molecule has 0 aliphatic heterocycles. The van der Waals surface area contributed by atoms with Crippen molar-refractivity contribution in [2.45, 2.75) is 0 Å². The molecule has 38 heavy (non-hydrogen) atoms. The standard InChI is InChI=1S/C36H22S2/c1-3-13-33-29(11-1)31-21-27(15-17-35(31)37-33)25-9-5-7-23(19-25)24-8-6-10-26(20-24)28-16-18-36-32(22-28)30-12-2-4-14-34(30)38-36/h1-22H. The summed E-state index contributed by atoms with van der Waals surface area (Å²) >= 11 is 3.73. The lowest BCUT2D eigenvalue weighted by Crippen LogP contribution is -1.84. The quantitative estimate of drug-likeness (QED) is 0.218. The third kappa shape index (κ3) is 3.57. The highest BCUT2D eigenvalue weighted by atomic mass is 32.1. The Morgan fingerprint density at radius 2 is 0.632 bits per heavy atom. The van der Waals surface area contributed by atoms with E-state index in [2.05, 4.69) is 133 Å². The molecule has 0 saturated carbocycles. The zero-order valence-electron chi connectivity index (χ0n) is 20.5. The number of hydrogen-bond acceptors (Lipinski definition) is 2. The lowest BCUT2D eigenvalue weighted by molar-refractivity contribution is 1.59. The summed E-state index contributed by atoms with van der Waals surface area (Å²) in [7, 11) is 0. The highest BCUT2D eigenvalue weighted by Crippen LogP contribution is 2.39. The summed E-state index contributed by atoms with van der Waals surface area (Å²) in [6.45, 7) is 0. The molecule has 0 saturated heterocycles. The third-order valence-electron chi connectivity index (χ3n) is 7.48. The Labute approximate surface area is 229 Å². The first-order valence-electron chi connectivity index (χ1n) is 12.8. The van der Waals surface area contributed by atoms with Gasteiger partial charge in [0.05, 0.1) is 0 Å². The van der Waals surface area contributed by atoms with Crippen LogP contribution in [0.4, 0.5) is 0 Å². The van der Waals surface area contributed by atoms with Gasteiger partial charge in [0.15, 0.2) is 0 Å². The van der Waals surface area contributed by atoms with E-state index < -0.39 is 0 Å². The van der Waals surface area contributed by atoms with Gasteiger partial charge in [-0.25, -0.2) is 0 Å². The van der Waals surface area contributed by atoms with Gasteiger partial charge in [-0.3, -0.25) is 0 Å². The number of rotatable bonds is 3. The Bertz CT molecular complexity index is 1990. The number of fused-ring (bicyclic) bond motifs is 6. The van der Waals surface area contributed by atoms with Crippen molar-refractivity contribution in [3.8, 4) is 33.4 Å². The fraction of sp³-hybridized carbons (Fsp3) is 0. The molecule has 2 heterocycles. The van der Waals surface area contributed by atoms with Crippen molar-refractivity contribution in [2.24, 2.45) is 0 Å². The summed E-state index contributed by atoms with van der Waals surface area (Å²) in [5.41, 5.74) is 7.48. The zero-order chi connectivity index (χ0) is 25.1. The normalized spacial score (nSPS) is 11.7. The molecule has 2 heteroatoms. The van der Waals surface area contributed by atoms with Crippen LogP contribution < -0.4 is 0 Å². The minimum absolute atomic E-state index is 1.24. The first-order valence-corrected chi connectivity index (χ1v) is 14.5. The van der Waals surface area contributed by atoms with Crippen LogP contribution in [0.15, 0.2) is 133 Å². The largest absolute Gasteiger partial charge is 0.135 e. The van der Waals surface area contributed by atoms with E-state index in [9.17, 15) is 0 Å². The third-order valence-corrected chi connectivity index (χ3v) is 9.78. The van der Waals surface area contributed by atoms with E-state index >= 15 is 0 Å². The van der Waals surface area contributed by atoms with Crippen LogP contribution in [0.5, 0.6) is 0 Å². The predicted octanol–water partition coefficient (Wildman–Crippen LogP) is 11.4. The molecule has 0 N–H and O–H groups in total. The Kier molecular flexibility index (Phi) is 4.97. The molecule has 0 aliphatic carbocycles. The number of benzene rings is 6. The molecule has 0 nitrogen and oxygen atoms in total. The molecule has 0 unspecified atom stereocenters. The van der Waals surface area contributed by atoms with Gasteiger partial charge in [-0.05, 0) is 81.9 Å². The molecular formula is C36H22S2. The van der Waals surface area contributed by atoms with Crippen LogP contribution in [0.25, 0.3) is 73.7 Å². The van der Waals surface area contributed by atoms with Gasteiger partial charge < -0.3 is 0 Å². The molecule has 0 fully saturated rings. The minimum Gasteiger partial charge on any atom is -0.135 e. The van der Waals surface area contributed by atoms with Crippen molar-refractivity contribution < 1.29 is 0 Å². The summed E-state index contributed by atoms with van der Waals surface area (Å²) in [6.07, 6.45) is 0. The van der Waals surface area contributed by atoms with E-state index in [0.29, 0.717) is 0 Å². The van der Waals surface area contributed by atoms with Crippen LogP contribution in [0.3, 0.4) is 0 Å². The summed E-state index contributed by atoms with van der Waals surface area (Å²) < 4.78 is 5.38. The van der Waals surface area contributed by atoms with E-state index in [0.717, 1.165) is 0 Å². The second-order valence-corrected chi connectivity index (χ2v) is 11.9. The fourth-order valence-corrected chi connectivity index (χ4v) is 7.74. The van der Waals surface area contributed by atoms with Crippen LogP contribution in [-0.2, 0) is 0 Å². The number of hydrogen-bond donors (Lipinski definition) is 0. The lowest BCUT2D eigenvalue weighted by Gasteiger charge is -2.09. The van der Waals surface area contributed by atoms with Crippen LogP contribution in [0.1, 0.15) is 0 Å². The maximum atomic E-state index is 2.35. The lowest BCUT2D eigenvalue weighted by atomic mass is 9.95. The monoisotopic (exact) mass is 518 g/mol. The molecule has 0 bridgehead atoms. The molecule has 178 valence electrons. The van der Waals surface area contributed by atoms with Crippen LogP contribution in [0, 0.1) is 0 Å². The van der Waals surface area contributed by atoms with E-state index in [-0.39, 0.29) is 0 Å². The second kappa shape index (κ2) is 8.66. The van der Waals surface area contributed by atoms with Gasteiger partial charge in [-0.2, -0.15) is 0 Å². The summed E-state index contributed by atoms with van der Waals surface area (Å²) in [6, 6.07) is 49.0. The zero-order valence-corrected chi connectivity index (χ0v) is 22.2. The molecule has 6 aromatic carbocycles. The average Bonchev–Trinajstić information content (AvgIpc) is 3.55. The van der Waals surface area contributed by atoms with E-state index in [1.54, 1.807) is 0 Å². The number of thiophene rings is 2. The second-order valence-electron chi connectivity index (χ2n) is 9.78. The smallest absolute Gasteiger partial charge is 0.0355 e. The first-order chi connectivity index (χ1) is 18.8. The van der Waals surface area contributed by atoms with Gasteiger partial charge in [0, 0.05) is 40.3 Å². The fourth-order valence-electron chi connectivity index (χ4n) is 5.57. The van der Waals surface area contributed by atoms with Gasteiger partial charge in [0.1, 0.15) is 0 Å². The van der Waals surface area contributed by atoms with Crippen molar-refractivity contribution in [1.82, 2.24) is 0 Å². The molecule has 0 spiro atoms. The Hall–Kier alpha value is -4.24. The van der Waals surface area contributed by atoms with Gasteiger partial charge in [-0.1, -0.05) is 84.9 Å². The van der Waals surface area contributed by atoms with Crippen molar-refractivity contribution in [1.29, 1.82) is 0 Å². The Morgan fingerprint density at radius 3 is 1.08 bits per heavy atom. The first kappa shape index (κ1) is 21.8. The van der Waals surface area contributed by atoms with Crippen LogP contribution in [-0.4, -0.2) is 0 Å². The Balaban J connectivity index is 1.20. The minimum atomic E-state index is 1.24. The van der Waals surface area contributed by atoms with Crippen LogP contribution >= 0.6 is 22.7 Å². The van der Waals surface area contributed by atoms with Gasteiger partial charge >= 0.3 is 0 Å². The van der Waals surface area contributed by atoms with Crippen molar-refractivity contribution >= 4 is 63.0 Å². The molecule has 8 aromatic rings. The molecule has 8 rings (SSSR count). The predicted molar refractivity (Wildman–Crippen MR) is 169 cm³/mol. The topological polar surface area (TPSA) is 0 Å². The SMILES string of the molecule is c1cc(-c2cccc(-c3ccc4sc5ccccc5c4c3)c2)cc(-c2ccc3sc4ccccc4c3c2)c1. The summed E-state index contributed by atoms with van der Waals surface area (Å²) in [4.78, 5) is 0. The van der Waals surface area contributed by atoms with E-state index in [4.69, 9.17) is 0 Å². The van der Waals surface area contributed by atoms with Crippen molar-refractivity contribution in [3.63, 3.8) is 0 Å². The molecular weight excluding hydrogens is 497 g/mol. The van der Waals surface area contributed by atoms with Crippen LogP contribution in [0.2, 0.25) is 0 Å². The van der Waals surface area contributed by atoms with Crippen molar-refractivity contribution in [2.75, 3.05) is 0 Å². The molecule has 0 amide bonds. The molecule has 0 atom stereocenters. The molecule has 2 aromatic heterocycles.